The lowest BCUT2D eigenvalue weighted by atomic mass is 10.2. The Kier molecular flexibility index (Phi) is 7.91. The summed E-state index contributed by atoms with van der Waals surface area (Å²) in [6, 6.07) is 5.05. The zero-order valence-electron chi connectivity index (χ0n) is 12.2. The first-order valence-corrected chi connectivity index (χ1v) is 7.09. The molecule has 0 aliphatic rings. The van der Waals surface area contributed by atoms with Crippen molar-refractivity contribution in [2.24, 2.45) is 0 Å². The fraction of sp³-hybridized carbons (Fsp3) is 0.571. The van der Waals surface area contributed by atoms with E-state index in [1.807, 2.05) is 0 Å². The van der Waals surface area contributed by atoms with Gasteiger partial charge in [-0.1, -0.05) is 26.7 Å². The van der Waals surface area contributed by atoms with Crippen LogP contribution in [-0.4, -0.2) is 30.6 Å². The molecule has 0 amide bonds. The number of hydrogen-bond donors (Lipinski definition) is 2. The molecule has 1 rings (SSSR count). The predicted molar refractivity (Wildman–Crippen MR) is 78.1 cm³/mol. The van der Waals surface area contributed by atoms with Gasteiger partial charge in [0.15, 0.2) is 5.75 Å². The summed E-state index contributed by atoms with van der Waals surface area (Å²) in [6.45, 7) is 5.37. The summed E-state index contributed by atoms with van der Waals surface area (Å²) in [5.74, 6) is 1.43. The minimum Gasteiger partial charge on any atom is -0.509 e. The Morgan fingerprint density at radius 1 is 0.950 bits per heavy atom. The molecule has 0 aromatic heterocycles. The lowest BCUT2D eigenvalue weighted by Gasteiger charge is -2.14. The van der Waals surface area contributed by atoms with Crippen LogP contribution in [0, 0.1) is 0 Å². The van der Waals surface area contributed by atoms with E-state index in [2.05, 4.69) is 13.8 Å². The number of rotatable bonds is 10. The normalized spacial score (nSPS) is 10.2. The van der Waals surface area contributed by atoms with Crippen LogP contribution in [0.1, 0.15) is 39.5 Å². The largest absolute Gasteiger partial charge is 0.707 e. The maximum Gasteiger partial charge on any atom is 0.707 e. The van der Waals surface area contributed by atoms with Gasteiger partial charge in [-0.2, -0.15) is 0 Å². The molecule has 0 unspecified atom stereocenters. The van der Waals surface area contributed by atoms with Gasteiger partial charge < -0.3 is 24.2 Å². The van der Waals surface area contributed by atoms with E-state index in [1.54, 1.807) is 18.2 Å². The smallest absolute Gasteiger partial charge is 0.509 e. The van der Waals surface area contributed by atoms with E-state index in [0.29, 0.717) is 30.5 Å². The minimum atomic E-state index is -1.87. The van der Waals surface area contributed by atoms with E-state index >= 15 is 0 Å². The van der Waals surface area contributed by atoms with E-state index in [4.69, 9.17) is 24.2 Å². The zero-order chi connectivity index (χ0) is 14.8. The molecule has 2 N–H and O–H groups in total. The van der Waals surface area contributed by atoms with E-state index in [1.165, 1.54) is 0 Å². The molecule has 20 heavy (non-hydrogen) atoms. The van der Waals surface area contributed by atoms with Crippen molar-refractivity contribution in [2.75, 3.05) is 13.2 Å². The van der Waals surface area contributed by atoms with Gasteiger partial charge in [0.05, 0.1) is 13.2 Å². The van der Waals surface area contributed by atoms with Crippen molar-refractivity contribution in [1.29, 1.82) is 0 Å². The topological polar surface area (TPSA) is 68.2 Å². The van der Waals surface area contributed by atoms with Crippen molar-refractivity contribution >= 4 is 7.32 Å². The van der Waals surface area contributed by atoms with Gasteiger partial charge in [0.25, 0.3) is 0 Å². The molecule has 0 aliphatic carbocycles. The van der Waals surface area contributed by atoms with Crippen LogP contribution in [0.4, 0.5) is 0 Å². The van der Waals surface area contributed by atoms with Crippen LogP contribution in [0.3, 0.4) is 0 Å². The Labute approximate surface area is 120 Å². The van der Waals surface area contributed by atoms with E-state index in [0.717, 1.165) is 25.7 Å². The molecule has 0 saturated heterocycles. The Bertz CT molecular complexity index is 384. The first kappa shape index (κ1) is 16.7. The molecule has 1 aromatic rings. The minimum absolute atomic E-state index is 0.291. The number of benzene rings is 1. The highest BCUT2D eigenvalue weighted by atomic mass is 16.6. The Hall–Kier alpha value is -1.40. The molecular weight excluding hydrogens is 259 g/mol. The van der Waals surface area contributed by atoms with Gasteiger partial charge in [-0.05, 0) is 25.0 Å². The molecule has 0 atom stereocenters. The molecule has 0 radical (unpaired) electrons. The van der Waals surface area contributed by atoms with Crippen molar-refractivity contribution in [3.05, 3.63) is 18.2 Å². The second kappa shape index (κ2) is 9.50. The number of hydrogen-bond acceptors (Lipinski definition) is 5. The molecule has 6 heteroatoms. The summed E-state index contributed by atoms with van der Waals surface area (Å²) < 4.78 is 16.1. The summed E-state index contributed by atoms with van der Waals surface area (Å²) >= 11 is 0. The molecule has 1 aromatic carbocycles. The van der Waals surface area contributed by atoms with Gasteiger partial charge in [-0.3, -0.25) is 0 Å². The molecule has 0 spiro atoms. The van der Waals surface area contributed by atoms with Crippen molar-refractivity contribution in [3.8, 4) is 17.2 Å². The molecular formula is C14H23BO5. The highest BCUT2D eigenvalue weighted by molar-refractivity contribution is 6.33. The maximum absolute atomic E-state index is 8.89. The highest BCUT2D eigenvalue weighted by Gasteiger charge is 2.16. The summed E-state index contributed by atoms with van der Waals surface area (Å²) in [5, 5.41) is 17.8. The SMILES string of the molecule is CCCCOc1ccc(OB(O)O)c(OCCCC)c1. The van der Waals surface area contributed by atoms with Crippen LogP contribution in [0.15, 0.2) is 18.2 Å². The Morgan fingerprint density at radius 2 is 1.60 bits per heavy atom. The lowest BCUT2D eigenvalue weighted by molar-refractivity contribution is 0.261. The molecule has 5 nitrogen and oxygen atoms in total. The van der Waals surface area contributed by atoms with Crippen LogP contribution in [-0.2, 0) is 0 Å². The van der Waals surface area contributed by atoms with Crippen molar-refractivity contribution in [3.63, 3.8) is 0 Å². The molecule has 0 aliphatic heterocycles. The van der Waals surface area contributed by atoms with Gasteiger partial charge in [-0.15, -0.1) is 0 Å². The fourth-order valence-corrected chi connectivity index (χ4v) is 1.56. The van der Waals surface area contributed by atoms with Gasteiger partial charge in [0.1, 0.15) is 11.5 Å². The average molecular weight is 282 g/mol. The highest BCUT2D eigenvalue weighted by Crippen LogP contribution is 2.32. The van der Waals surface area contributed by atoms with Gasteiger partial charge in [0, 0.05) is 6.07 Å². The third-order valence-electron chi connectivity index (χ3n) is 2.67. The second-order valence-corrected chi connectivity index (χ2v) is 4.46. The van der Waals surface area contributed by atoms with Crippen LogP contribution < -0.4 is 14.1 Å². The molecule has 0 heterocycles. The van der Waals surface area contributed by atoms with E-state index in [9.17, 15) is 0 Å². The van der Waals surface area contributed by atoms with Crippen molar-refractivity contribution in [1.82, 2.24) is 0 Å². The summed E-state index contributed by atoms with van der Waals surface area (Å²) in [4.78, 5) is 0. The first-order chi connectivity index (χ1) is 9.67. The third-order valence-corrected chi connectivity index (χ3v) is 2.67. The van der Waals surface area contributed by atoms with E-state index in [-0.39, 0.29) is 0 Å². The Balaban J connectivity index is 2.72. The maximum atomic E-state index is 8.89. The quantitative estimate of drug-likeness (QED) is 0.509. The standard InChI is InChI=1S/C14H23BO5/c1-3-5-9-18-12-7-8-13(20-15(16)17)14(11-12)19-10-6-4-2/h7-8,11,16-17H,3-6,9-10H2,1-2H3. The fourth-order valence-electron chi connectivity index (χ4n) is 1.56. The summed E-state index contributed by atoms with van der Waals surface area (Å²) in [7, 11) is -1.87. The van der Waals surface area contributed by atoms with Gasteiger partial charge in [0.2, 0.25) is 0 Å². The van der Waals surface area contributed by atoms with Crippen LogP contribution in [0.25, 0.3) is 0 Å². The van der Waals surface area contributed by atoms with Crippen molar-refractivity contribution in [2.45, 2.75) is 39.5 Å². The van der Waals surface area contributed by atoms with Gasteiger partial charge >= 0.3 is 7.32 Å². The first-order valence-electron chi connectivity index (χ1n) is 7.09. The third kappa shape index (κ3) is 6.17. The lowest BCUT2D eigenvalue weighted by Crippen LogP contribution is -2.21. The molecule has 0 saturated carbocycles. The van der Waals surface area contributed by atoms with Gasteiger partial charge in [-0.25, -0.2) is 0 Å². The average Bonchev–Trinajstić information content (AvgIpc) is 2.41. The van der Waals surface area contributed by atoms with Crippen molar-refractivity contribution < 1.29 is 24.2 Å². The monoisotopic (exact) mass is 282 g/mol. The summed E-state index contributed by atoms with van der Waals surface area (Å²) in [5.41, 5.74) is 0. The second-order valence-electron chi connectivity index (χ2n) is 4.46. The zero-order valence-corrected chi connectivity index (χ0v) is 12.2. The molecule has 0 bridgehead atoms. The van der Waals surface area contributed by atoms with E-state index < -0.39 is 7.32 Å². The van der Waals surface area contributed by atoms with Crippen LogP contribution >= 0.6 is 0 Å². The Morgan fingerprint density at radius 3 is 2.20 bits per heavy atom. The number of unbranched alkanes of at least 4 members (excludes halogenated alkanes) is 2. The molecule has 112 valence electrons. The number of ether oxygens (including phenoxy) is 2. The van der Waals surface area contributed by atoms with Crippen LogP contribution in [0.5, 0.6) is 17.2 Å². The summed E-state index contributed by atoms with van der Waals surface area (Å²) in [6.07, 6.45) is 3.99. The predicted octanol–water partition coefficient (Wildman–Crippen LogP) is 2.39. The van der Waals surface area contributed by atoms with Crippen LogP contribution in [0.2, 0.25) is 0 Å². The molecule has 0 fully saturated rings.